The summed E-state index contributed by atoms with van der Waals surface area (Å²) >= 11 is 0. The first-order valence-corrected chi connectivity index (χ1v) is 8.13. The van der Waals surface area contributed by atoms with E-state index in [4.69, 9.17) is 9.84 Å². The van der Waals surface area contributed by atoms with Crippen LogP contribution in [0.2, 0.25) is 0 Å². The van der Waals surface area contributed by atoms with Crippen LogP contribution in [0.25, 0.3) is 0 Å². The van der Waals surface area contributed by atoms with E-state index in [1.165, 1.54) is 12.1 Å². The summed E-state index contributed by atoms with van der Waals surface area (Å²) in [5.41, 5.74) is -0.848. The highest BCUT2D eigenvalue weighted by Crippen LogP contribution is 2.21. The lowest BCUT2D eigenvalue weighted by Crippen LogP contribution is -2.43. The lowest BCUT2D eigenvalue weighted by atomic mass is 10.0. The van der Waals surface area contributed by atoms with E-state index in [0.29, 0.717) is 12.4 Å². The molecular formula is C14H21NO5S. The SMILES string of the molecule is CCOc1cccc(S(=O)(=O)NC(C)(C)CCC(=O)O)c1. The van der Waals surface area contributed by atoms with Gasteiger partial charge in [0.05, 0.1) is 11.5 Å². The number of sulfonamides is 1. The summed E-state index contributed by atoms with van der Waals surface area (Å²) < 4.78 is 32.5. The Kier molecular flexibility index (Phi) is 5.74. The van der Waals surface area contributed by atoms with Crippen LogP contribution in [0.15, 0.2) is 29.2 Å². The average Bonchev–Trinajstić information content (AvgIpc) is 2.36. The molecule has 1 rings (SSSR count). The Balaban J connectivity index is 2.90. The topological polar surface area (TPSA) is 92.7 Å². The van der Waals surface area contributed by atoms with E-state index >= 15 is 0 Å². The molecule has 21 heavy (non-hydrogen) atoms. The third kappa shape index (κ3) is 5.73. The average molecular weight is 315 g/mol. The van der Waals surface area contributed by atoms with Gasteiger partial charge in [-0.25, -0.2) is 13.1 Å². The van der Waals surface area contributed by atoms with E-state index < -0.39 is 21.5 Å². The lowest BCUT2D eigenvalue weighted by molar-refractivity contribution is -0.137. The predicted octanol–water partition coefficient (Wildman–Crippen LogP) is 2.01. The van der Waals surface area contributed by atoms with Gasteiger partial charge in [-0.3, -0.25) is 4.79 Å². The van der Waals surface area contributed by atoms with Crippen LogP contribution in [0.5, 0.6) is 5.75 Å². The van der Waals surface area contributed by atoms with Crippen molar-refractivity contribution in [2.75, 3.05) is 6.61 Å². The lowest BCUT2D eigenvalue weighted by Gasteiger charge is -2.25. The highest BCUT2D eigenvalue weighted by Gasteiger charge is 2.27. The van der Waals surface area contributed by atoms with Gasteiger partial charge in [0.25, 0.3) is 0 Å². The van der Waals surface area contributed by atoms with Gasteiger partial charge in [0, 0.05) is 18.0 Å². The minimum Gasteiger partial charge on any atom is -0.494 e. The standard InChI is InChI=1S/C14H21NO5S/c1-4-20-11-6-5-7-12(10-11)21(18,19)15-14(2,3)9-8-13(16)17/h5-7,10,15H,4,8-9H2,1-3H3,(H,16,17). The Morgan fingerprint density at radius 3 is 2.62 bits per heavy atom. The van der Waals surface area contributed by atoms with E-state index in [2.05, 4.69) is 4.72 Å². The molecule has 0 aliphatic rings. The molecule has 0 amide bonds. The quantitative estimate of drug-likeness (QED) is 0.765. The monoisotopic (exact) mass is 315 g/mol. The van der Waals surface area contributed by atoms with Crippen LogP contribution >= 0.6 is 0 Å². The van der Waals surface area contributed by atoms with Crippen molar-refractivity contribution < 1.29 is 23.1 Å². The molecule has 0 heterocycles. The van der Waals surface area contributed by atoms with Crippen molar-refractivity contribution in [3.63, 3.8) is 0 Å². The summed E-state index contributed by atoms with van der Waals surface area (Å²) in [6.45, 7) is 5.56. The molecular weight excluding hydrogens is 294 g/mol. The summed E-state index contributed by atoms with van der Waals surface area (Å²) in [4.78, 5) is 10.7. The van der Waals surface area contributed by atoms with Crippen molar-refractivity contribution in [3.8, 4) is 5.75 Å². The van der Waals surface area contributed by atoms with Gasteiger partial charge in [-0.15, -0.1) is 0 Å². The van der Waals surface area contributed by atoms with Crippen molar-refractivity contribution >= 4 is 16.0 Å². The molecule has 0 fully saturated rings. The fourth-order valence-corrected chi connectivity index (χ4v) is 3.27. The van der Waals surface area contributed by atoms with Crippen LogP contribution in [-0.2, 0) is 14.8 Å². The zero-order valence-electron chi connectivity index (χ0n) is 12.4. The fourth-order valence-electron chi connectivity index (χ4n) is 1.79. The first-order valence-electron chi connectivity index (χ1n) is 6.65. The van der Waals surface area contributed by atoms with Crippen molar-refractivity contribution in [1.29, 1.82) is 0 Å². The summed E-state index contributed by atoms with van der Waals surface area (Å²) in [7, 11) is -3.73. The molecule has 0 aliphatic carbocycles. The largest absolute Gasteiger partial charge is 0.494 e. The maximum absolute atomic E-state index is 12.3. The molecule has 0 spiro atoms. The summed E-state index contributed by atoms with van der Waals surface area (Å²) in [6, 6.07) is 6.19. The number of carboxylic acid groups (broad SMARTS) is 1. The van der Waals surface area contributed by atoms with Gasteiger partial charge in [0.1, 0.15) is 5.75 Å². The van der Waals surface area contributed by atoms with Crippen molar-refractivity contribution in [3.05, 3.63) is 24.3 Å². The second kappa shape index (κ2) is 6.91. The molecule has 6 nitrogen and oxygen atoms in total. The van der Waals surface area contributed by atoms with E-state index in [-0.39, 0.29) is 17.7 Å². The molecule has 118 valence electrons. The van der Waals surface area contributed by atoms with Gasteiger partial charge in [0.15, 0.2) is 0 Å². The summed E-state index contributed by atoms with van der Waals surface area (Å²) in [6.07, 6.45) is 0.0984. The van der Waals surface area contributed by atoms with Gasteiger partial charge in [-0.2, -0.15) is 0 Å². The molecule has 0 bridgehead atoms. The van der Waals surface area contributed by atoms with Crippen molar-refractivity contribution in [1.82, 2.24) is 4.72 Å². The maximum Gasteiger partial charge on any atom is 0.303 e. The number of ether oxygens (including phenoxy) is 1. The Labute approximate surface area is 125 Å². The third-order valence-corrected chi connectivity index (χ3v) is 4.50. The maximum atomic E-state index is 12.3. The van der Waals surface area contributed by atoms with Gasteiger partial charge in [-0.1, -0.05) is 6.07 Å². The number of carbonyl (C=O) groups is 1. The number of carboxylic acids is 1. The first kappa shape index (κ1) is 17.5. The van der Waals surface area contributed by atoms with Crippen LogP contribution in [0.1, 0.15) is 33.6 Å². The predicted molar refractivity (Wildman–Crippen MR) is 78.9 cm³/mol. The number of rotatable bonds is 8. The molecule has 0 aromatic heterocycles. The van der Waals surface area contributed by atoms with Crippen LogP contribution in [0.4, 0.5) is 0 Å². The van der Waals surface area contributed by atoms with Gasteiger partial charge >= 0.3 is 5.97 Å². The normalized spacial score (nSPS) is 12.1. The number of hydrogen-bond donors (Lipinski definition) is 2. The second-order valence-corrected chi connectivity index (χ2v) is 6.97. The Hall–Kier alpha value is -1.60. The van der Waals surface area contributed by atoms with Gasteiger partial charge in [0.2, 0.25) is 10.0 Å². The molecule has 1 aromatic rings. The number of nitrogens with one attached hydrogen (secondary N) is 1. The minimum absolute atomic E-state index is 0.0943. The van der Waals surface area contributed by atoms with Crippen LogP contribution in [0.3, 0.4) is 0 Å². The highest BCUT2D eigenvalue weighted by atomic mass is 32.2. The van der Waals surface area contributed by atoms with Gasteiger partial charge < -0.3 is 9.84 Å². The number of benzene rings is 1. The van der Waals surface area contributed by atoms with Crippen molar-refractivity contribution in [2.45, 2.75) is 44.0 Å². The summed E-state index contributed by atoms with van der Waals surface area (Å²) in [5.74, 6) is -0.482. The van der Waals surface area contributed by atoms with Crippen LogP contribution in [-0.4, -0.2) is 31.6 Å². The smallest absolute Gasteiger partial charge is 0.303 e. The number of hydrogen-bond acceptors (Lipinski definition) is 4. The summed E-state index contributed by atoms with van der Waals surface area (Å²) in [5, 5.41) is 8.69. The van der Waals surface area contributed by atoms with Gasteiger partial charge in [-0.05, 0) is 39.3 Å². The third-order valence-electron chi connectivity index (χ3n) is 2.80. The molecule has 2 N–H and O–H groups in total. The van der Waals surface area contributed by atoms with Crippen LogP contribution < -0.4 is 9.46 Å². The Morgan fingerprint density at radius 1 is 1.38 bits per heavy atom. The van der Waals surface area contributed by atoms with Crippen LogP contribution in [0, 0.1) is 0 Å². The molecule has 1 aromatic carbocycles. The Morgan fingerprint density at radius 2 is 2.05 bits per heavy atom. The van der Waals surface area contributed by atoms with Crippen molar-refractivity contribution in [2.24, 2.45) is 0 Å². The molecule has 0 saturated carbocycles. The second-order valence-electron chi connectivity index (χ2n) is 5.29. The molecule has 0 atom stereocenters. The first-order chi connectivity index (χ1) is 9.66. The van der Waals surface area contributed by atoms with E-state index in [9.17, 15) is 13.2 Å². The highest BCUT2D eigenvalue weighted by molar-refractivity contribution is 7.89. The molecule has 0 aliphatic heterocycles. The zero-order chi connectivity index (χ0) is 16.1. The minimum atomic E-state index is -3.73. The number of aliphatic carboxylic acids is 1. The fraction of sp³-hybridized carbons (Fsp3) is 0.500. The van der Waals surface area contributed by atoms with E-state index in [0.717, 1.165) is 0 Å². The zero-order valence-corrected chi connectivity index (χ0v) is 13.2. The molecule has 0 radical (unpaired) electrons. The van der Waals surface area contributed by atoms with E-state index in [1.54, 1.807) is 26.0 Å². The van der Waals surface area contributed by atoms with E-state index in [1.807, 2.05) is 6.92 Å². The molecule has 0 unspecified atom stereocenters. The molecule has 0 saturated heterocycles. The Bertz CT molecular complexity index is 595. The molecule has 7 heteroatoms.